The summed E-state index contributed by atoms with van der Waals surface area (Å²) in [5.41, 5.74) is 3.75. The first kappa shape index (κ1) is 15.8. The van der Waals surface area contributed by atoms with Crippen LogP contribution in [0.4, 0.5) is 5.69 Å². The lowest BCUT2D eigenvalue weighted by Crippen LogP contribution is -2.36. The Balaban J connectivity index is 1.56. The van der Waals surface area contributed by atoms with E-state index in [9.17, 15) is 0 Å². The van der Waals surface area contributed by atoms with Crippen LogP contribution in [0, 0.1) is 0 Å². The Morgan fingerprint density at radius 2 is 1.74 bits per heavy atom. The molecule has 2 aromatic rings. The molecule has 0 aliphatic carbocycles. The summed E-state index contributed by atoms with van der Waals surface area (Å²) < 4.78 is 5.40. The van der Waals surface area contributed by atoms with E-state index < -0.39 is 0 Å². The van der Waals surface area contributed by atoms with Gasteiger partial charge in [0.05, 0.1) is 19.3 Å². The maximum absolute atomic E-state index is 5.40. The van der Waals surface area contributed by atoms with Crippen molar-refractivity contribution in [3.63, 3.8) is 0 Å². The molecule has 1 heterocycles. The van der Waals surface area contributed by atoms with E-state index in [0.29, 0.717) is 0 Å². The molecule has 0 spiro atoms. The second-order valence-corrected chi connectivity index (χ2v) is 6.01. The summed E-state index contributed by atoms with van der Waals surface area (Å²) in [7, 11) is 0. The molecular weight excluding hydrogens is 284 g/mol. The molecule has 0 N–H and O–H groups in total. The molecule has 0 saturated carbocycles. The minimum atomic E-state index is 0.288. The number of benzene rings is 2. The van der Waals surface area contributed by atoms with Gasteiger partial charge in [-0.25, -0.2) is 0 Å². The molecule has 0 aromatic heterocycles. The number of aliphatic imine (C=N–C) groups is 1. The van der Waals surface area contributed by atoms with E-state index in [1.54, 1.807) is 0 Å². The molecular formula is C20H24N2O. The second-order valence-electron chi connectivity index (χ2n) is 6.01. The van der Waals surface area contributed by atoms with Crippen molar-refractivity contribution in [1.29, 1.82) is 0 Å². The lowest BCUT2D eigenvalue weighted by Gasteiger charge is -2.28. The van der Waals surface area contributed by atoms with E-state index in [2.05, 4.69) is 65.3 Å². The maximum atomic E-state index is 5.40. The molecule has 0 unspecified atom stereocenters. The minimum Gasteiger partial charge on any atom is -0.378 e. The van der Waals surface area contributed by atoms with Gasteiger partial charge in [-0.2, -0.15) is 0 Å². The van der Waals surface area contributed by atoms with Gasteiger partial charge in [0.25, 0.3) is 0 Å². The highest BCUT2D eigenvalue weighted by Crippen LogP contribution is 2.16. The van der Waals surface area contributed by atoms with E-state index in [4.69, 9.17) is 4.74 Å². The minimum absolute atomic E-state index is 0.288. The van der Waals surface area contributed by atoms with Crippen LogP contribution >= 0.6 is 0 Å². The number of ether oxygens (including phenoxy) is 1. The quantitative estimate of drug-likeness (QED) is 0.789. The first-order valence-corrected chi connectivity index (χ1v) is 8.31. The molecule has 3 heteroatoms. The third-order valence-electron chi connectivity index (χ3n) is 4.12. The van der Waals surface area contributed by atoms with Crippen molar-refractivity contribution >= 4 is 11.9 Å². The van der Waals surface area contributed by atoms with Crippen LogP contribution in [0.5, 0.6) is 0 Å². The van der Waals surface area contributed by atoms with Crippen LogP contribution in [0.25, 0.3) is 0 Å². The molecule has 23 heavy (non-hydrogen) atoms. The lowest BCUT2D eigenvalue weighted by molar-refractivity contribution is 0.122. The van der Waals surface area contributed by atoms with Crippen LogP contribution in [-0.2, 0) is 11.2 Å². The topological polar surface area (TPSA) is 24.8 Å². The molecule has 1 aliphatic heterocycles. The van der Waals surface area contributed by atoms with Gasteiger partial charge < -0.3 is 9.64 Å². The van der Waals surface area contributed by atoms with Crippen molar-refractivity contribution in [2.75, 3.05) is 31.2 Å². The Morgan fingerprint density at radius 3 is 2.43 bits per heavy atom. The van der Waals surface area contributed by atoms with E-state index >= 15 is 0 Å². The Hall–Kier alpha value is -2.13. The summed E-state index contributed by atoms with van der Waals surface area (Å²) in [5, 5.41) is 0. The molecule has 3 nitrogen and oxygen atoms in total. The van der Waals surface area contributed by atoms with Gasteiger partial charge in [0.1, 0.15) is 0 Å². The summed E-state index contributed by atoms with van der Waals surface area (Å²) in [6, 6.07) is 19.4. The fourth-order valence-electron chi connectivity index (χ4n) is 2.81. The van der Waals surface area contributed by atoms with E-state index in [1.165, 1.54) is 11.3 Å². The molecule has 3 rings (SSSR count). The standard InChI is InChI=1S/C20H24N2O/c1-17(15-18-5-3-2-4-6-18)21-16-19-7-9-20(10-8-19)22-11-13-23-14-12-22/h2-10,16-17H,11-15H2,1H3/b21-16+/t17-/m0/s1. The predicted molar refractivity (Wildman–Crippen MR) is 96.7 cm³/mol. The Bertz CT molecular complexity index is 616. The van der Waals surface area contributed by atoms with Gasteiger partial charge in [0.15, 0.2) is 0 Å². The third-order valence-corrected chi connectivity index (χ3v) is 4.12. The van der Waals surface area contributed by atoms with E-state index in [1.807, 2.05) is 12.3 Å². The maximum Gasteiger partial charge on any atom is 0.0642 e. The summed E-state index contributed by atoms with van der Waals surface area (Å²) in [6.45, 7) is 5.75. The summed E-state index contributed by atoms with van der Waals surface area (Å²) in [4.78, 5) is 7.04. The second kappa shape index (κ2) is 7.93. The van der Waals surface area contributed by atoms with Crippen molar-refractivity contribution in [3.05, 3.63) is 65.7 Å². The van der Waals surface area contributed by atoms with Crippen molar-refractivity contribution < 1.29 is 4.74 Å². The van der Waals surface area contributed by atoms with Crippen molar-refractivity contribution in [2.24, 2.45) is 4.99 Å². The highest BCUT2D eigenvalue weighted by molar-refractivity contribution is 5.80. The number of hydrogen-bond acceptors (Lipinski definition) is 3. The Morgan fingerprint density at radius 1 is 1.04 bits per heavy atom. The zero-order chi connectivity index (χ0) is 15.9. The number of nitrogens with zero attached hydrogens (tertiary/aromatic N) is 2. The zero-order valence-corrected chi connectivity index (χ0v) is 13.7. The number of hydrogen-bond donors (Lipinski definition) is 0. The average molecular weight is 308 g/mol. The molecule has 1 fully saturated rings. The monoisotopic (exact) mass is 308 g/mol. The summed E-state index contributed by atoms with van der Waals surface area (Å²) in [6.07, 6.45) is 2.96. The first-order valence-electron chi connectivity index (χ1n) is 8.31. The first-order chi connectivity index (χ1) is 11.3. The normalized spacial score (nSPS) is 16.7. The number of morpholine rings is 1. The Kier molecular flexibility index (Phi) is 5.43. The van der Waals surface area contributed by atoms with Gasteiger partial charge in [-0.3, -0.25) is 4.99 Å². The van der Waals surface area contributed by atoms with Crippen LogP contribution in [0.3, 0.4) is 0 Å². The Labute approximate surface area is 138 Å². The number of anilines is 1. The molecule has 1 atom stereocenters. The van der Waals surface area contributed by atoms with E-state index in [0.717, 1.165) is 38.3 Å². The molecule has 120 valence electrons. The highest BCUT2D eigenvalue weighted by Gasteiger charge is 2.10. The van der Waals surface area contributed by atoms with Crippen molar-refractivity contribution in [2.45, 2.75) is 19.4 Å². The van der Waals surface area contributed by atoms with Crippen molar-refractivity contribution in [1.82, 2.24) is 0 Å². The SMILES string of the molecule is C[C@@H](Cc1ccccc1)/N=C/c1ccc(N2CCOCC2)cc1. The van der Waals surface area contributed by atoms with Gasteiger partial charge in [-0.05, 0) is 36.6 Å². The van der Waals surface area contributed by atoms with Crippen LogP contribution in [0.15, 0.2) is 59.6 Å². The highest BCUT2D eigenvalue weighted by atomic mass is 16.5. The molecule has 0 amide bonds. The zero-order valence-electron chi connectivity index (χ0n) is 13.7. The fourth-order valence-corrected chi connectivity index (χ4v) is 2.81. The van der Waals surface area contributed by atoms with Crippen LogP contribution < -0.4 is 4.90 Å². The smallest absolute Gasteiger partial charge is 0.0642 e. The molecule has 0 bridgehead atoms. The third kappa shape index (κ3) is 4.67. The van der Waals surface area contributed by atoms with Crippen LogP contribution in [-0.4, -0.2) is 38.6 Å². The van der Waals surface area contributed by atoms with Crippen LogP contribution in [0.2, 0.25) is 0 Å². The molecule has 1 aliphatic rings. The average Bonchev–Trinajstić information content (AvgIpc) is 2.62. The van der Waals surface area contributed by atoms with Gasteiger partial charge in [0, 0.05) is 25.0 Å². The van der Waals surface area contributed by atoms with Gasteiger partial charge in [0.2, 0.25) is 0 Å². The predicted octanol–water partition coefficient (Wildman–Crippen LogP) is 3.57. The molecule has 1 saturated heterocycles. The summed E-state index contributed by atoms with van der Waals surface area (Å²) >= 11 is 0. The number of rotatable bonds is 5. The van der Waals surface area contributed by atoms with Crippen molar-refractivity contribution in [3.8, 4) is 0 Å². The van der Waals surface area contributed by atoms with Gasteiger partial charge in [-0.1, -0.05) is 42.5 Å². The van der Waals surface area contributed by atoms with Crippen LogP contribution in [0.1, 0.15) is 18.1 Å². The largest absolute Gasteiger partial charge is 0.378 e. The molecule has 2 aromatic carbocycles. The van der Waals surface area contributed by atoms with Gasteiger partial charge in [-0.15, -0.1) is 0 Å². The van der Waals surface area contributed by atoms with E-state index in [-0.39, 0.29) is 6.04 Å². The molecule has 0 radical (unpaired) electrons. The lowest BCUT2D eigenvalue weighted by atomic mass is 10.1. The summed E-state index contributed by atoms with van der Waals surface area (Å²) in [5.74, 6) is 0. The fraction of sp³-hybridized carbons (Fsp3) is 0.350. The van der Waals surface area contributed by atoms with Gasteiger partial charge >= 0.3 is 0 Å².